The highest BCUT2D eigenvalue weighted by molar-refractivity contribution is 14.0. The molecular weight excluding hydrogens is 391 g/mol. The van der Waals surface area contributed by atoms with Crippen molar-refractivity contribution >= 4 is 29.9 Å². The Morgan fingerprint density at radius 2 is 2.05 bits per heavy atom. The van der Waals surface area contributed by atoms with E-state index in [4.69, 9.17) is 0 Å². The van der Waals surface area contributed by atoms with Crippen LogP contribution < -0.4 is 10.6 Å². The Morgan fingerprint density at radius 3 is 2.64 bits per heavy atom. The second-order valence-corrected chi connectivity index (χ2v) is 5.79. The number of unbranched alkanes of at least 4 members (excludes halogenated alkanes) is 1. The number of hydrogen-bond donors (Lipinski definition) is 2. The first-order valence-electron chi connectivity index (χ1n) is 8.10. The minimum atomic E-state index is 0. The van der Waals surface area contributed by atoms with E-state index in [9.17, 15) is 0 Å². The molecule has 0 aliphatic heterocycles. The highest BCUT2D eigenvalue weighted by atomic mass is 127. The molecule has 1 aromatic rings. The van der Waals surface area contributed by atoms with E-state index in [0.29, 0.717) is 12.6 Å². The molecule has 126 valence electrons. The summed E-state index contributed by atoms with van der Waals surface area (Å²) >= 11 is 0. The van der Waals surface area contributed by atoms with Gasteiger partial charge in [0, 0.05) is 19.6 Å². The average Bonchev–Trinajstić information content (AvgIpc) is 3.09. The Kier molecular flexibility index (Phi) is 8.74. The summed E-state index contributed by atoms with van der Waals surface area (Å²) < 4.78 is 1.99. The second kappa shape index (κ2) is 10.0. The van der Waals surface area contributed by atoms with Crippen LogP contribution in [0.1, 0.15) is 57.1 Å². The maximum atomic E-state index is 4.67. The van der Waals surface area contributed by atoms with Crippen LogP contribution in [-0.4, -0.2) is 33.3 Å². The number of halogens is 1. The molecule has 22 heavy (non-hydrogen) atoms. The van der Waals surface area contributed by atoms with Gasteiger partial charge >= 0.3 is 0 Å². The van der Waals surface area contributed by atoms with Gasteiger partial charge in [-0.15, -0.1) is 34.2 Å². The second-order valence-electron chi connectivity index (χ2n) is 5.79. The van der Waals surface area contributed by atoms with E-state index >= 15 is 0 Å². The highest BCUT2D eigenvalue weighted by Gasteiger charge is 2.16. The first kappa shape index (κ1) is 19.2. The topological polar surface area (TPSA) is 67.1 Å². The molecule has 0 radical (unpaired) electrons. The van der Waals surface area contributed by atoms with Gasteiger partial charge in [0.1, 0.15) is 12.4 Å². The number of rotatable bonds is 6. The van der Waals surface area contributed by atoms with Gasteiger partial charge in [0.15, 0.2) is 11.8 Å². The van der Waals surface area contributed by atoms with Crippen molar-refractivity contribution in [1.82, 2.24) is 25.4 Å². The summed E-state index contributed by atoms with van der Waals surface area (Å²) in [5.74, 6) is 2.73. The molecule has 0 atom stereocenters. The zero-order chi connectivity index (χ0) is 15.1. The average molecular weight is 420 g/mol. The monoisotopic (exact) mass is 420 g/mol. The summed E-state index contributed by atoms with van der Waals surface area (Å²) in [5, 5.41) is 15.2. The lowest BCUT2D eigenvalue weighted by Gasteiger charge is -2.17. The lowest BCUT2D eigenvalue weighted by Crippen LogP contribution is -2.42. The fourth-order valence-corrected chi connectivity index (χ4v) is 2.54. The molecule has 0 bridgehead atoms. The van der Waals surface area contributed by atoms with E-state index in [1.807, 2.05) is 18.5 Å². The molecule has 7 heteroatoms. The number of nitrogens with one attached hydrogen (secondary N) is 2. The van der Waals surface area contributed by atoms with Crippen LogP contribution in [0.15, 0.2) is 4.99 Å². The van der Waals surface area contributed by atoms with Crippen molar-refractivity contribution in [2.75, 3.05) is 6.54 Å². The molecule has 0 unspecified atom stereocenters. The largest absolute Gasteiger partial charge is 0.356 e. The van der Waals surface area contributed by atoms with E-state index in [0.717, 1.165) is 30.6 Å². The Bertz CT molecular complexity index is 465. The molecular formula is C15H29IN6. The molecule has 0 amide bonds. The van der Waals surface area contributed by atoms with Gasteiger partial charge in [-0.05, 0) is 26.2 Å². The van der Waals surface area contributed by atoms with Crippen molar-refractivity contribution in [3.8, 4) is 0 Å². The van der Waals surface area contributed by atoms with E-state index in [1.54, 1.807) is 0 Å². The third kappa shape index (κ3) is 5.73. The Labute approximate surface area is 150 Å². The molecule has 2 N–H and O–H groups in total. The molecule has 2 rings (SSSR count). The SMILES string of the molecule is CCCCNC(=NCc1nnc(C)n1C)NC1CCCC1.I. The van der Waals surface area contributed by atoms with Gasteiger partial charge in [0.25, 0.3) is 0 Å². The van der Waals surface area contributed by atoms with Crippen LogP contribution in [0.2, 0.25) is 0 Å². The van der Waals surface area contributed by atoms with E-state index in [1.165, 1.54) is 32.1 Å². The van der Waals surface area contributed by atoms with Crippen LogP contribution >= 0.6 is 24.0 Å². The smallest absolute Gasteiger partial charge is 0.191 e. The fourth-order valence-electron chi connectivity index (χ4n) is 2.54. The molecule has 1 saturated carbocycles. The number of nitrogens with zero attached hydrogens (tertiary/aromatic N) is 4. The van der Waals surface area contributed by atoms with E-state index in [2.05, 4.69) is 32.7 Å². The molecule has 0 saturated heterocycles. The van der Waals surface area contributed by atoms with Gasteiger partial charge in [0.2, 0.25) is 0 Å². The molecule has 1 heterocycles. The summed E-state index contributed by atoms with van der Waals surface area (Å²) in [6.07, 6.45) is 7.49. The molecule has 1 aliphatic carbocycles. The minimum Gasteiger partial charge on any atom is -0.356 e. The molecule has 6 nitrogen and oxygen atoms in total. The predicted octanol–water partition coefficient (Wildman–Crippen LogP) is 2.52. The zero-order valence-electron chi connectivity index (χ0n) is 13.9. The maximum absolute atomic E-state index is 4.67. The van der Waals surface area contributed by atoms with Crippen molar-refractivity contribution in [3.05, 3.63) is 11.6 Å². The predicted molar refractivity (Wildman–Crippen MR) is 101 cm³/mol. The van der Waals surface area contributed by atoms with Crippen molar-refractivity contribution in [2.45, 2.75) is 65.0 Å². The first-order chi connectivity index (χ1) is 10.2. The van der Waals surface area contributed by atoms with Crippen LogP contribution in [-0.2, 0) is 13.6 Å². The molecule has 0 aromatic carbocycles. The van der Waals surface area contributed by atoms with Crippen LogP contribution in [0.4, 0.5) is 0 Å². The third-order valence-corrected chi connectivity index (χ3v) is 4.08. The quantitative estimate of drug-likeness (QED) is 0.321. The van der Waals surface area contributed by atoms with E-state index < -0.39 is 0 Å². The molecule has 1 fully saturated rings. The Balaban J connectivity index is 0.00000242. The lowest BCUT2D eigenvalue weighted by molar-refractivity contribution is 0.606. The van der Waals surface area contributed by atoms with Crippen molar-refractivity contribution < 1.29 is 0 Å². The molecule has 1 aliphatic rings. The summed E-state index contributed by atoms with van der Waals surface area (Å²) in [7, 11) is 1.98. The van der Waals surface area contributed by atoms with Gasteiger partial charge < -0.3 is 15.2 Å². The first-order valence-corrected chi connectivity index (χ1v) is 8.10. The summed E-state index contributed by atoms with van der Waals surface area (Å²) in [4.78, 5) is 4.67. The number of aryl methyl sites for hydroxylation is 1. The van der Waals surface area contributed by atoms with Gasteiger partial charge in [-0.25, -0.2) is 4.99 Å². The third-order valence-electron chi connectivity index (χ3n) is 4.08. The summed E-state index contributed by atoms with van der Waals surface area (Å²) in [6.45, 7) is 5.68. The number of aliphatic imine (C=N–C) groups is 1. The number of aromatic nitrogens is 3. The zero-order valence-corrected chi connectivity index (χ0v) is 16.3. The maximum Gasteiger partial charge on any atom is 0.191 e. The summed E-state index contributed by atoms with van der Waals surface area (Å²) in [5.41, 5.74) is 0. The van der Waals surface area contributed by atoms with Gasteiger partial charge in [-0.1, -0.05) is 26.2 Å². The van der Waals surface area contributed by atoms with Crippen LogP contribution in [0.25, 0.3) is 0 Å². The normalized spacial score (nSPS) is 15.7. The molecule has 0 spiro atoms. The lowest BCUT2D eigenvalue weighted by atomic mass is 10.2. The standard InChI is InChI=1S/C15H28N6.HI/c1-4-5-10-16-15(18-13-8-6-7-9-13)17-11-14-20-19-12(2)21(14)3;/h13H,4-11H2,1-3H3,(H2,16,17,18);1H. The fraction of sp³-hybridized carbons (Fsp3) is 0.800. The molecule has 1 aromatic heterocycles. The van der Waals surface area contributed by atoms with Gasteiger partial charge in [0.05, 0.1) is 0 Å². The highest BCUT2D eigenvalue weighted by Crippen LogP contribution is 2.17. The minimum absolute atomic E-state index is 0. The van der Waals surface area contributed by atoms with Crippen molar-refractivity contribution in [2.24, 2.45) is 12.0 Å². The van der Waals surface area contributed by atoms with Crippen LogP contribution in [0.3, 0.4) is 0 Å². The van der Waals surface area contributed by atoms with Gasteiger partial charge in [-0.3, -0.25) is 0 Å². The number of guanidine groups is 1. The van der Waals surface area contributed by atoms with Crippen molar-refractivity contribution in [1.29, 1.82) is 0 Å². The Morgan fingerprint density at radius 1 is 1.32 bits per heavy atom. The Hall–Kier alpha value is -0.860. The van der Waals surface area contributed by atoms with Crippen molar-refractivity contribution in [3.63, 3.8) is 0 Å². The van der Waals surface area contributed by atoms with Crippen LogP contribution in [0, 0.1) is 6.92 Å². The summed E-state index contributed by atoms with van der Waals surface area (Å²) in [6, 6.07) is 0.569. The van der Waals surface area contributed by atoms with Crippen LogP contribution in [0.5, 0.6) is 0 Å². The van der Waals surface area contributed by atoms with Gasteiger partial charge in [-0.2, -0.15) is 0 Å². The number of hydrogen-bond acceptors (Lipinski definition) is 3. The van der Waals surface area contributed by atoms with E-state index in [-0.39, 0.29) is 24.0 Å².